The maximum absolute atomic E-state index is 4.66. The summed E-state index contributed by atoms with van der Waals surface area (Å²) in [7, 11) is 0. The molecule has 0 aliphatic heterocycles. The Balaban J connectivity index is 1.74. The van der Waals surface area contributed by atoms with Crippen LogP contribution in [0.3, 0.4) is 0 Å². The molecule has 5 rings (SSSR count). The van der Waals surface area contributed by atoms with E-state index >= 15 is 0 Å². The Morgan fingerprint density at radius 3 is 2.36 bits per heavy atom. The van der Waals surface area contributed by atoms with Gasteiger partial charge in [-0.15, -0.1) is 11.3 Å². The zero-order valence-electron chi connectivity index (χ0n) is 13.5. The van der Waals surface area contributed by atoms with Gasteiger partial charge in [-0.2, -0.15) is 0 Å². The predicted molar refractivity (Wildman–Crippen MR) is 108 cm³/mol. The molecule has 5 aromatic rings. The molecule has 0 aliphatic carbocycles. The van der Waals surface area contributed by atoms with Gasteiger partial charge < -0.3 is 0 Å². The molecule has 0 fully saturated rings. The number of benzene rings is 3. The van der Waals surface area contributed by atoms with Crippen LogP contribution in [0.4, 0.5) is 0 Å². The van der Waals surface area contributed by atoms with Crippen molar-refractivity contribution in [1.82, 2.24) is 4.98 Å². The van der Waals surface area contributed by atoms with E-state index in [0.717, 1.165) is 5.69 Å². The summed E-state index contributed by atoms with van der Waals surface area (Å²) in [6.07, 6.45) is 1.91. The number of hydrogen-bond donors (Lipinski definition) is 0. The Kier molecular flexibility index (Phi) is 3.36. The van der Waals surface area contributed by atoms with E-state index in [-0.39, 0.29) is 0 Å². The van der Waals surface area contributed by atoms with Crippen molar-refractivity contribution in [3.8, 4) is 22.4 Å². The summed E-state index contributed by atoms with van der Waals surface area (Å²) in [6.45, 7) is 0. The smallest absolute Gasteiger partial charge is 0.0722 e. The van der Waals surface area contributed by atoms with Crippen molar-refractivity contribution in [2.24, 2.45) is 0 Å². The van der Waals surface area contributed by atoms with Gasteiger partial charge >= 0.3 is 0 Å². The van der Waals surface area contributed by atoms with Crippen LogP contribution in [-0.4, -0.2) is 4.98 Å². The topological polar surface area (TPSA) is 12.9 Å². The minimum Gasteiger partial charge on any atom is -0.256 e. The maximum atomic E-state index is 4.66. The van der Waals surface area contributed by atoms with Crippen LogP contribution < -0.4 is 0 Å². The zero-order chi connectivity index (χ0) is 16.6. The summed E-state index contributed by atoms with van der Waals surface area (Å²) in [4.78, 5) is 4.66. The third-order valence-electron chi connectivity index (χ3n) is 4.55. The minimum absolute atomic E-state index is 1.03. The van der Waals surface area contributed by atoms with Gasteiger partial charge in [-0.1, -0.05) is 66.7 Å². The minimum atomic E-state index is 1.03. The van der Waals surface area contributed by atoms with Crippen LogP contribution >= 0.6 is 11.3 Å². The second-order valence-corrected chi connectivity index (χ2v) is 7.13. The first kappa shape index (κ1) is 14.4. The first-order valence-corrected chi connectivity index (χ1v) is 9.14. The van der Waals surface area contributed by atoms with Crippen molar-refractivity contribution in [2.75, 3.05) is 0 Å². The molecule has 118 valence electrons. The molecular formula is C23H15NS. The van der Waals surface area contributed by atoms with Gasteiger partial charge in [-0.05, 0) is 29.3 Å². The number of nitrogens with zero attached hydrogens (tertiary/aromatic N) is 1. The summed E-state index contributed by atoms with van der Waals surface area (Å²) in [5.74, 6) is 0. The van der Waals surface area contributed by atoms with Crippen LogP contribution in [-0.2, 0) is 0 Å². The molecule has 2 heterocycles. The molecule has 25 heavy (non-hydrogen) atoms. The summed E-state index contributed by atoms with van der Waals surface area (Å²) >= 11 is 1.84. The van der Waals surface area contributed by atoms with Crippen molar-refractivity contribution in [2.45, 2.75) is 0 Å². The van der Waals surface area contributed by atoms with Crippen molar-refractivity contribution in [3.63, 3.8) is 0 Å². The van der Waals surface area contributed by atoms with Crippen LogP contribution in [0, 0.1) is 0 Å². The zero-order valence-corrected chi connectivity index (χ0v) is 14.3. The number of aromatic nitrogens is 1. The lowest BCUT2D eigenvalue weighted by Crippen LogP contribution is -1.85. The van der Waals surface area contributed by atoms with Crippen molar-refractivity contribution >= 4 is 31.5 Å². The molecule has 0 spiro atoms. The average Bonchev–Trinajstić information content (AvgIpc) is 3.07. The van der Waals surface area contributed by atoms with Crippen molar-refractivity contribution in [3.05, 3.63) is 91.1 Å². The van der Waals surface area contributed by atoms with Gasteiger partial charge in [0.05, 0.1) is 5.69 Å². The monoisotopic (exact) mass is 337 g/mol. The normalized spacial score (nSPS) is 11.2. The van der Waals surface area contributed by atoms with Gasteiger partial charge in [0.2, 0.25) is 0 Å². The number of hydrogen-bond acceptors (Lipinski definition) is 2. The molecule has 0 N–H and O–H groups in total. The maximum Gasteiger partial charge on any atom is 0.0722 e. The fraction of sp³-hybridized carbons (Fsp3) is 0. The summed E-state index contributed by atoms with van der Waals surface area (Å²) in [6, 6.07) is 29.8. The Labute approximate surface area is 150 Å². The lowest BCUT2D eigenvalue weighted by atomic mass is 10.0. The second-order valence-electron chi connectivity index (χ2n) is 6.08. The molecule has 3 aromatic carbocycles. The van der Waals surface area contributed by atoms with Crippen molar-refractivity contribution < 1.29 is 0 Å². The Bertz CT molecular complexity index is 1190. The van der Waals surface area contributed by atoms with Gasteiger partial charge in [-0.25, -0.2) is 0 Å². The molecule has 0 bridgehead atoms. The van der Waals surface area contributed by atoms with Gasteiger partial charge in [-0.3, -0.25) is 4.98 Å². The quantitative estimate of drug-likeness (QED) is 0.346. The van der Waals surface area contributed by atoms with E-state index in [1.807, 2.05) is 23.6 Å². The van der Waals surface area contributed by atoms with Crippen molar-refractivity contribution in [1.29, 1.82) is 0 Å². The molecule has 1 nitrogen and oxygen atoms in total. The van der Waals surface area contributed by atoms with E-state index < -0.39 is 0 Å². The standard InChI is InChI=1S/C23H15NS/c1-2-7-16(8-3-1)17-13-14-24-21(15-17)20-11-6-10-19-18-9-4-5-12-22(18)25-23(19)20/h1-15H. The van der Waals surface area contributed by atoms with Crippen LogP contribution in [0.15, 0.2) is 91.1 Å². The Morgan fingerprint density at radius 2 is 1.44 bits per heavy atom. The fourth-order valence-corrected chi connectivity index (χ4v) is 4.56. The number of fused-ring (bicyclic) bond motifs is 3. The molecule has 0 aliphatic rings. The van der Waals surface area contributed by atoms with Gasteiger partial charge in [0.1, 0.15) is 0 Å². The van der Waals surface area contributed by atoms with E-state index in [1.165, 1.54) is 36.9 Å². The van der Waals surface area contributed by atoms with Crippen LogP contribution in [0.5, 0.6) is 0 Å². The van der Waals surface area contributed by atoms with Crippen LogP contribution in [0.2, 0.25) is 0 Å². The summed E-state index contributed by atoms with van der Waals surface area (Å²) < 4.78 is 2.63. The molecule has 0 unspecified atom stereocenters. The highest BCUT2D eigenvalue weighted by atomic mass is 32.1. The first-order chi connectivity index (χ1) is 12.4. The first-order valence-electron chi connectivity index (χ1n) is 8.32. The third kappa shape index (κ3) is 2.43. The van der Waals surface area contributed by atoms with E-state index in [9.17, 15) is 0 Å². The molecule has 2 heteroatoms. The lowest BCUT2D eigenvalue weighted by molar-refractivity contribution is 1.33. The number of pyridine rings is 1. The molecular weight excluding hydrogens is 322 g/mol. The second kappa shape index (κ2) is 5.83. The van der Waals surface area contributed by atoms with Gasteiger partial charge in [0, 0.05) is 31.9 Å². The highest BCUT2D eigenvalue weighted by Crippen LogP contribution is 2.39. The molecule has 2 aromatic heterocycles. The van der Waals surface area contributed by atoms with Gasteiger partial charge in [0.25, 0.3) is 0 Å². The largest absolute Gasteiger partial charge is 0.256 e. The molecule has 0 saturated heterocycles. The molecule has 0 atom stereocenters. The highest BCUT2D eigenvalue weighted by molar-refractivity contribution is 7.26. The SMILES string of the molecule is c1ccc(-c2ccnc(-c3cccc4c3sc3ccccc34)c2)cc1. The molecule has 0 saturated carbocycles. The average molecular weight is 337 g/mol. The van der Waals surface area contributed by atoms with E-state index in [2.05, 4.69) is 83.8 Å². The van der Waals surface area contributed by atoms with E-state index in [0.29, 0.717) is 0 Å². The number of thiophene rings is 1. The van der Waals surface area contributed by atoms with Crippen LogP contribution in [0.25, 0.3) is 42.6 Å². The highest BCUT2D eigenvalue weighted by Gasteiger charge is 2.11. The Morgan fingerprint density at radius 1 is 0.640 bits per heavy atom. The summed E-state index contributed by atoms with van der Waals surface area (Å²) in [5.41, 5.74) is 4.65. The molecule has 0 amide bonds. The van der Waals surface area contributed by atoms with Gasteiger partial charge in [0.15, 0.2) is 0 Å². The van der Waals surface area contributed by atoms with E-state index in [4.69, 9.17) is 0 Å². The van der Waals surface area contributed by atoms with Crippen LogP contribution in [0.1, 0.15) is 0 Å². The lowest BCUT2D eigenvalue weighted by Gasteiger charge is -2.06. The molecule has 0 radical (unpaired) electrons. The number of rotatable bonds is 2. The Hall–Kier alpha value is -2.97. The predicted octanol–water partition coefficient (Wildman–Crippen LogP) is 6.78. The third-order valence-corrected chi connectivity index (χ3v) is 5.77. The fourth-order valence-electron chi connectivity index (χ4n) is 3.34. The van der Waals surface area contributed by atoms with E-state index in [1.54, 1.807) is 0 Å². The summed E-state index contributed by atoms with van der Waals surface area (Å²) in [5, 5.41) is 2.63.